The molecule has 0 spiro atoms. The van der Waals surface area contributed by atoms with Crippen molar-refractivity contribution in [2.75, 3.05) is 5.75 Å². The quantitative estimate of drug-likeness (QED) is 0.669. The van der Waals surface area contributed by atoms with Crippen LogP contribution < -0.4 is 5.69 Å². The molecule has 25 heavy (non-hydrogen) atoms. The first-order chi connectivity index (χ1) is 11.9. The van der Waals surface area contributed by atoms with Gasteiger partial charge in [-0.05, 0) is 23.6 Å². The summed E-state index contributed by atoms with van der Waals surface area (Å²) in [5, 5.41) is 5.10. The molecule has 1 N–H and O–H groups in total. The van der Waals surface area contributed by atoms with E-state index in [-0.39, 0.29) is 11.1 Å². The highest BCUT2D eigenvalue weighted by Gasteiger charge is 2.21. The summed E-state index contributed by atoms with van der Waals surface area (Å²) in [7, 11) is 0. The fourth-order valence-electron chi connectivity index (χ4n) is 2.45. The summed E-state index contributed by atoms with van der Waals surface area (Å²) in [5.41, 5.74) is 2.05. The van der Waals surface area contributed by atoms with Crippen LogP contribution in [0.4, 0.5) is 8.78 Å². The number of thioether (sulfide) groups is 1. The molecule has 0 radical (unpaired) electrons. The van der Waals surface area contributed by atoms with Crippen LogP contribution in [0.1, 0.15) is 25.5 Å². The summed E-state index contributed by atoms with van der Waals surface area (Å²) in [6.45, 7) is 3.92. The van der Waals surface area contributed by atoms with Gasteiger partial charge in [0, 0.05) is 5.02 Å². The molecule has 0 unspecified atom stereocenters. The molecule has 5 nitrogen and oxygen atoms in total. The first-order valence-electron chi connectivity index (χ1n) is 7.56. The van der Waals surface area contributed by atoms with Crippen LogP contribution in [-0.2, 0) is 0 Å². The van der Waals surface area contributed by atoms with Crippen molar-refractivity contribution in [3.05, 3.63) is 45.5 Å². The molecule has 2 aromatic heterocycles. The van der Waals surface area contributed by atoms with Gasteiger partial charge in [0.1, 0.15) is 0 Å². The highest BCUT2D eigenvalue weighted by Crippen LogP contribution is 2.32. The maximum Gasteiger partial charge on any atom is 0.350 e. The van der Waals surface area contributed by atoms with Gasteiger partial charge < -0.3 is 0 Å². The smallest absolute Gasteiger partial charge is 0.285 e. The lowest BCUT2D eigenvalue weighted by Crippen LogP contribution is -2.19. The first kappa shape index (κ1) is 17.9. The van der Waals surface area contributed by atoms with Crippen LogP contribution in [0.25, 0.3) is 16.8 Å². The van der Waals surface area contributed by atoms with Crippen LogP contribution in [0.5, 0.6) is 0 Å². The zero-order valence-electron chi connectivity index (χ0n) is 13.5. The van der Waals surface area contributed by atoms with E-state index < -0.39 is 17.9 Å². The maximum atomic E-state index is 12.5. The number of rotatable bonds is 5. The number of H-pyrrole nitrogens is 1. The van der Waals surface area contributed by atoms with Crippen molar-refractivity contribution in [2.24, 2.45) is 0 Å². The Bertz CT molecular complexity index is 953. The topological polar surface area (TPSA) is 63.1 Å². The van der Waals surface area contributed by atoms with Crippen LogP contribution in [-0.4, -0.2) is 31.8 Å². The van der Waals surface area contributed by atoms with Crippen LogP contribution in [0.2, 0.25) is 5.02 Å². The van der Waals surface area contributed by atoms with Crippen LogP contribution in [0, 0.1) is 0 Å². The van der Waals surface area contributed by atoms with Crippen molar-refractivity contribution in [1.29, 1.82) is 0 Å². The third kappa shape index (κ3) is 3.69. The molecule has 0 amide bonds. The van der Waals surface area contributed by atoms with Gasteiger partial charge in [0.15, 0.2) is 10.8 Å². The van der Waals surface area contributed by atoms with Crippen LogP contribution >= 0.6 is 23.4 Å². The van der Waals surface area contributed by atoms with E-state index in [0.717, 1.165) is 17.3 Å². The molecule has 0 atom stereocenters. The number of alkyl halides is 2. The van der Waals surface area contributed by atoms with Gasteiger partial charge in [-0.1, -0.05) is 49.3 Å². The summed E-state index contributed by atoms with van der Waals surface area (Å²) in [6.07, 6.45) is -2.49. The van der Waals surface area contributed by atoms with Crippen LogP contribution in [0.15, 0.2) is 34.2 Å². The number of hydrogen-bond donors (Lipinski definition) is 1. The molecule has 132 valence electrons. The van der Waals surface area contributed by atoms with Gasteiger partial charge in [-0.2, -0.15) is 9.61 Å². The molecule has 0 saturated carbocycles. The van der Waals surface area contributed by atoms with Gasteiger partial charge in [0.25, 0.3) is 0 Å². The molecule has 9 heteroatoms. The molecule has 0 fully saturated rings. The largest absolute Gasteiger partial charge is 0.350 e. The van der Waals surface area contributed by atoms with Crippen molar-refractivity contribution < 1.29 is 8.78 Å². The lowest BCUT2D eigenvalue weighted by molar-refractivity contribution is 0.176. The van der Waals surface area contributed by atoms with Gasteiger partial charge in [-0.25, -0.2) is 18.6 Å². The normalized spacial score (nSPS) is 11.8. The van der Waals surface area contributed by atoms with Crippen molar-refractivity contribution in [2.45, 2.75) is 31.3 Å². The predicted octanol–water partition coefficient (Wildman–Crippen LogP) is 4.22. The van der Waals surface area contributed by atoms with Crippen molar-refractivity contribution in [1.82, 2.24) is 19.6 Å². The summed E-state index contributed by atoms with van der Waals surface area (Å²) in [6, 6.07) is 7.12. The molecule has 0 bridgehead atoms. The van der Waals surface area contributed by atoms with E-state index in [4.69, 9.17) is 11.6 Å². The van der Waals surface area contributed by atoms with E-state index in [1.54, 1.807) is 12.1 Å². The predicted molar refractivity (Wildman–Crippen MR) is 94.9 cm³/mol. The highest BCUT2D eigenvalue weighted by molar-refractivity contribution is 7.99. The second kappa shape index (κ2) is 7.13. The number of halogens is 3. The van der Waals surface area contributed by atoms with Crippen LogP contribution in [0.3, 0.4) is 0 Å². The minimum Gasteiger partial charge on any atom is -0.285 e. The standard InChI is InChI=1S/C16H15ClF2N4OS/c1-8(2)13-12(9-3-5-10(17)6-4-9)14-20-15(25-7-11(18)19)21-16(24)23(14)22-13/h3-6,8,11H,7H2,1-2H3,(H,20,21,24). The molecule has 0 aliphatic rings. The molecular weight excluding hydrogens is 370 g/mol. The van der Waals surface area contributed by atoms with Gasteiger partial charge in [-0.3, -0.25) is 4.98 Å². The third-order valence-corrected chi connectivity index (χ3v) is 4.67. The van der Waals surface area contributed by atoms with E-state index in [0.29, 0.717) is 21.9 Å². The molecule has 0 aliphatic carbocycles. The third-order valence-electron chi connectivity index (χ3n) is 3.53. The van der Waals surface area contributed by atoms with Gasteiger partial charge in [0.2, 0.25) is 6.43 Å². The van der Waals surface area contributed by atoms with Gasteiger partial charge >= 0.3 is 5.69 Å². The van der Waals surface area contributed by atoms with E-state index in [2.05, 4.69) is 15.1 Å². The number of benzene rings is 1. The molecule has 0 saturated heterocycles. The number of aromatic nitrogens is 4. The molecule has 1 aromatic carbocycles. The second-order valence-corrected chi connectivity index (χ2v) is 7.15. The number of aromatic amines is 1. The first-order valence-corrected chi connectivity index (χ1v) is 8.93. The summed E-state index contributed by atoms with van der Waals surface area (Å²) < 4.78 is 26.1. The van der Waals surface area contributed by atoms with E-state index in [9.17, 15) is 13.6 Å². The average molecular weight is 385 g/mol. The molecule has 3 rings (SSSR count). The minimum atomic E-state index is -2.49. The Morgan fingerprint density at radius 1 is 1.28 bits per heavy atom. The zero-order chi connectivity index (χ0) is 18.1. The Morgan fingerprint density at radius 2 is 1.96 bits per heavy atom. The Labute approximate surface area is 151 Å². The molecule has 0 aliphatic heterocycles. The van der Waals surface area contributed by atoms with E-state index in [1.165, 1.54) is 4.52 Å². The Hall–Kier alpha value is -1.93. The maximum absolute atomic E-state index is 12.5. The van der Waals surface area contributed by atoms with Crippen molar-refractivity contribution >= 4 is 29.0 Å². The Morgan fingerprint density at radius 3 is 2.56 bits per heavy atom. The fourth-order valence-corrected chi connectivity index (χ4v) is 3.17. The lowest BCUT2D eigenvalue weighted by atomic mass is 10.00. The number of hydrogen-bond acceptors (Lipinski definition) is 4. The Balaban J connectivity index is 2.22. The Kier molecular flexibility index (Phi) is 5.10. The monoisotopic (exact) mass is 384 g/mol. The van der Waals surface area contributed by atoms with Gasteiger partial charge in [0.05, 0.1) is 17.0 Å². The fraction of sp³-hybridized carbons (Fsp3) is 0.312. The van der Waals surface area contributed by atoms with Crippen molar-refractivity contribution in [3.63, 3.8) is 0 Å². The highest BCUT2D eigenvalue weighted by atomic mass is 35.5. The molecule has 2 heterocycles. The second-order valence-electron chi connectivity index (χ2n) is 5.71. The average Bonchev–Trinajstić information content (AvgIpc) is 2.94. The summed E-state index contributed by atoms with van der Waals surface area (Å²) in [4.78, 5) is 19.1. The number of nitrogens with zero attached hydrogens (tertiary/aromatic N) is 3. The summed E-state index contributed by atoms with van der Waals surface area (Å²) in [5.74, 6) is -0.399. The molecular formula is C16H15ClF2N4OS. The minimum absolute atomic E-state index is 0.0453. The SMILES string of the molecule is CC(C)c1nn2c(=O)[nH]c(SCC(F)F)nc2c1-c1ccc(Cl)cc1. The van der Waals surface area contributed by atoms with Gasteiger partial charge in [-0.15, -0.1) is 0 Å². The van der Waals surface area contributed by atoms with E-state index in [1.807, 2.05) is 26.0 Å². The molecule has 3 aromatic rings. The lowest BCUT2D eigenvalue weighted by Gasteiger charge is -2.06. The number of fused-ring (bicyclic) bond motifs is 1. The summed E-state index contributed by atoms with van der Waals surface area (Å²) >= 11 is 6.75. The van der Waals surface area contributed by atoms with Crippen molar-refractivity contribution in [3.8, 4) is 11.1 Å². The number of nitrogens with one attached hydrogen (secondary N) is 1. The van der Waals surface area contributed by atoms with E-state index >= 15 is 0 Å². The zero-order valence-corrected chi connectivity index (χ0v) is 15.0.